The Labute approximate surface area is 121 Å². The van der Waals surface area contributed by atoms with Crippen LogP contribution in [0.3, 0.4) is 0 Å². The predicted molar refractivity (Wildman–Crippen MR) is 81.3 cm³/mol. The van der Waals surface area contributed by atoms with E-state index in [1.807, 2.05) is 12.1 Å². The Morgan fingerprint density at radius 3 is 2.75 bits per heavy atom. The zero-order valence-electron chi connectivity index (χ0n) is 12.8. The maximum absolute atomic E-state index is 6.06. The number of nitrogens with two attached hydrogens (primary N) is 1. The highest BCUT2D eigenvalue weighted by molar-refractivity contribution is 5.48. The molecule has 2 N–H and O–H groups in total. The van der Waals surface area contributed by atoms with Crippen LogP contribution in [-0.2, 0) is 0 Å². The molecule has 4 heteroatoms. The normalized spacial score (nSPS) is 21.5. The molecule has 1 aliphatic heterocycles. The molecule has 1 saturated heterocycles. The molecule has 1 aliphatic rings. The number of para-hydroxylation sites is 1. The van der Waals surface area contributed by atoms with E-state index in [9.17, 15) is 0 Å². The maximum Gasteiger partial charge on any atom is 0.165 e. The van der Waals surface area contributed by atoms with Crippen molar-refractivity contribution in [3.63, 3.8) is 0 Å². The van der Waals surface area contributed by atoms with Crippen molar-refractivity contribution in [2.75, 3.05) is 33.9 Å². The fourth-order valence-electron chi connectivity index (χ4n) is 3.16. The van der Waals surface area contributed by atoms with E-state index in [2.05, 4.69) is 17.9 Å². The minimum atomic E-state index is 0.197. The third-order valence-electron chi connectivity index (χ3n) is 4.14. The lowest BCUT2D eigenvalue weighted by Gasteiger charge is -2.37. The number of rotatable bonds is 5. The van der Waals surface area contributed by atoms with Crippen LogP contribution in [0.1, 0.15) is 31.4 Å². The maximum atomic E-state index is 6.06. The smallest absolute Gasteiger partial charge is 0.165 e. The molecule has 1 aromatic carbocycles. The number of hydrogen-bond acceptors (Lipinski definition) is 4. The minimum Gasteiger partial charge on any atom is -0.493 e. The van der Waals surface area contributed by atoms with Crippen molar-refractivity contribution in [3.8, 4) is 11.5 Å². The van der Waals surface area contributed by atoms with Crippen molar-refractivity contribution >= 4 is 0 Å². The molecule has 0 saturated carbocycles. The van der Waals surface area contributed by atoms with Gasteiger partial charge in [-0.05, 0) is 31.4 Å². The number of piperidine rings is 1. The van der Waals surface area contributed by atoms with Gasteiger partial charge in [-0.1, -0.05) is 19.1 Å². The second kappa shape index (κ2) is 6.95. The highest BCUT2D eigenvalue weighted by atomic mass is 16.5. The molecule has 1 fully saturated rings. The van der Waals surface area contributed by atoms with E-state index in [1.165, 1.54) is 12.8 Å². The second-order valence-corrected chi connectivity index (χ2v) is 5.58. The summed E-state index contributed by atoms with van der Waals surface area (Å²) in [5, 5.41) is 0. The molecule has 0 bridgehead atoms. The lowest BCUT2D eigenvalue weighted by molar-refractivity contribution is 0.131. The van der Waals surface area contributed by atoms with Gasteiger partial charge in [0.25, 0.3) is 0 Å². The topological polar surface area (TPSA) is 47.7 Å². The first-order chi connectivity index (χ1) is 9.71. The predicted octanol–water partition coefficient (Wildman–Crippen LogP) is 2.44. The zero-order valence-corrected chi connectivity index (χ0v) is 12.8. The molecule has 0 radical (unpaired) electrons. The first-order valence-corrected chi connectivity index (χ1v) is 7.36. The van der Waals surface area contributed by atoms with E-state index >= 15 is 0 Å². The Kier molecular flexibility index (Phi) is 5.26. The van der Waals surface area contributed by atoms with Crippen molar-refractivity contribution in [1.29, 1.82) is 0 Å². The van der Waals surface area contributed by atoms with E-state index in [0.717, 1.165) is 36.1 Å². The number of methoxy groups -OCH3 is 2. The molecule has 0 spiro atoms. The summed E-state index contributed by atoms with van der Waals surface area (Å²) >= 11 is 0. The summed E-state index contributed by atoms with van der Waals surface area (Å²) in [6.07, 6.45) is 2.55. The molecule has 0 aliphatic carbocycles. The summed E-state index contributed by atoms with van der Waals surface area (Å²) < 4.78 is 11.0. The van der Waals surface area contributed by atoms with E-state index in [1.54, 1.807) is 14.2 Å². The van der Waals surface area contributed by atoms with Gasteiger partial charge in [-0.25, -0.2) is 0 Å². The molecule has 0 unspecified atom stereocenters. The SMILES string of the molecule is COc1cccc([C@@H](CN)N2CCC[C@@H](C)C2)c1OC. The third kappa shape index (κ3) is 3.07. The second-order valence-electron chi connectivity index (χ2n) is 5.58. The van der Waals surface area contributed by atoms with Crippen molar-refractivity contribution < 1.29 is 9.47 Å². The van der Waals surface area contributed by atoms with Crippen LogP contribution in [0.2, 0.25) is 0 Å². The van der Waals surface area contributed by atoms with Gasteiger partial charge in [0.2, 0.25) is 0 Å². The standard InChI is InChI=1S/C16H26N2O2/c1-12-6-5-9-18(11-12)14(10-17)13-7-4-8-15(19-2)16(13)20-3/h4,7-8,12,14H,5-6,9-11,17H2,1-3H3/t12-,14-/m1/s1. The zero-order chi connectivity index (χ0) is 14.5. The monoisotopic (exact) mass is 278 g/mol. The summed E-state index contributed by atoms with van der Waals surface area (Å²) in [4.78, 5) is 2.48. The van der Waals surface area contributed by atoms with Crippen molar-refractivity contribution in [2.45, 2.75) is 25.8 Å². The highest BCUT2D eigenvalue weighted by Crippen LogP contribution is 2.37. The Balaban J connectivity index is 2.31. The first-order valence-electron chi connectivity index (χ1n) is 7.36. The van der Waals surface area contributed by atoms with Crippen LogP contribution in [0, 0.1) is 5.92 Å². The Hall–Kier alpha value is -1.26. The summed E-state index contributed by atoms with van der Waals surface area (Å²) in [5.41, 5.74) is 7.19. The lowest BCUT2D eigenvalue weighted by Crippen LogP contribution is -2.40. The number of nitrogens with zero attached hydrogens (tertiary/aromatic N) is 1. The van der Waals surface area contributed by atoms with Gasteiger partial charge in [0.05, 0.1) is 20.3 Å². The van der Waals surface area contributed by atoms with E-state index in [4.69, 9.17) is 15.2 Å². The molecule has 1 aromatic rings. The molecular weight excluding hydrogens is 252 g/mol. The Morgan fingerprint density at radius 1 is 1.35 bits per heavy atom. The van der Waals surface area contributed by atoms with Gasteiger partial charge in [0.1, 0.15) is 0 Å². The molecule has 4 nitrogen and oxygen atoms in total. The van der Waals surface area contributed by atoms with Gasteiger partial charge < -0.3 is 15.2 Å². The number of benzene rings is 1. The van der Waals surface area contributed by atoms with Gasteiger partial charge in [-0.2, -0.15) is 0 Å². The van der Waals surface area contributed by atoms with Crippen molar-refractivity contribution in [2.24, 2.45) is 11.7 Å². The fraction of sp³-hybridized carbons (Fsp3) is 0.625. The van der Waals surface area contributed by atoms with Crippen LogP contribution < -0.4 is 15.2 Å². The number of hydrogen-bond donors (Lipinski definition) is 1. The molecule has 0 amide bonds. The minimum absolute atomic E-state index is 0.197. The number of ether oxygens (including phenoxy) is 2. The van der Waals surface area contributed by atoms with Crippen LogP contribution in [-0.4, -0.2) is 38.8 Å². The summed E-state index contributed by atoms with van der Waals surface area (Å²) in [5.74, 6) is 2.31. The molecule has 112 valence electrons. The Morgan fingerprint density at radius 2 is 2.15 bits per heavy atom. The summed E-state index contributed by atoms with van der Waals surface area (Å²) in [6.45, 7) is 5.10. The molecule has 20 heavy (non-hydrogen) atoms. The highest BCUT2D eigenvalue weighted by Gasteiger charge is 2.27. The largest absolute Gasteiger partial charge is 0.493 e. The molecule has 2 rings (SSSR count). The first kappa shape index (κ1) is 15.1. The summed E-state index contributed by atoms with van der Waals surface area (Å²) in [6, 6.07) is 6.22. The van der Waals surface area contributed by atoms with Crippen LogP contribution in [0.15, 0.2) is 18.2 Å². The number of likely N-dealkylation sites (tertiary alicyclic amines) is 1. The molecule has 0 aromatic heterocycles. The van der Waals surface area contributed by atoms with Gasteiger partial charge >= 0.3 is 0 Å². The van der Waals surface area contributed by atoms with Gasteiger partial charge in [0.15, 0.2) is 11.5 Å². The molecule has 1 heterocycles. The average Bonchev–Trinajstić information content (AvgIpc) is 2.47. The fourth-order valence-corrected chi connectivity index (χ4v) is 3.16. The third-order valence-corrected chi connectivity index (χ3v) is 4.14. The lowest BCUT2D eigenvalue weighted by atomic mass is 9.95. The van der Waals surface area contributed by atoms with Crippen LogP contribution in [0.4, 0.5) is 0 Å². The molecule has 2 atom stereocenters. The Bertz CT molecular complexity index is 436. The van der Waals surface area contributed by atoms with Crippen molar-refractivity contribution in [1.82, 2.24) is 4.90 Å². The molecular formula is C16H26N2O2. The quantitative estimate of drug-likeness (QED) is 0.898. The average molecular weight is 278 g/mol. The summed E-state index contributed by atoms with van der Waals surface area (Å²) in [7, 11) is 3.36. The van der Waals surface area contributed by atoms with Gasteiger partial charge in [-0.3, -0.25) is 4.90 Å². The van der Waals surface area contributed by atoms with E-state index < -0.39 is 0 Å². The van der Waals surface area contributed by atoms with Gasteiger partial charge in [0, 0.05) is 18.7 Å². The van der Waals surface area contributed by atoms with E-state index in [0.29, 0.717) is 6.54 Å². The van der Waals surface area contributed by atoms with Crippen molar-refractivity contribution in [3.05, 3.63) is 23.8 Å². The van der Waals surface area contributed by atoms with Crippen LogP contribution in [0.25, 0.3) is 0 Å². The van der Waals surface area contributed by atoms with Crippen LogP contribution in [0.5, 0.6) is 11.5 Å². The van der Waals surface area contributed by atoms with Gasteiger partial charge in [-0.15, -0.1) is 0 Å². The van der Waals surface area contributed by atoms with E-state index in [-0.39, 0.29) is 6.04 Å². The van der Waals surface area contributed by atoms with Crippen LogP contribution >= 0.6 is 0 Å².